The van der Waals surface area contributed by atoms with Gasteiger partial charge in [-0.05, 0) is 150 Å². The average Bonchev–Trinajstić information content (AvgIpc) is 1.55. The fourth-order valence-corrected chi connectivity index (χ4v) is 16.3. The van der Waals surface area contributed by atoms with Crippen molar-refractivity contribution in [2.45, 2.75) is 23.0 Å². The summed E-state index contributed by atoms with van der Waals surface area (Å²) in [6.45, 7) is 5.75. The molecule has 368 valence electrons. The molecule has 13 bridgehead atoms. The summed E-state index contributed by atoms with van der Waals surface area (Å²) in [4.78, 5) is 0. The van der Waals surface area contributed by atoms with Crippen molar-refractivity contribution in [2.24, 2.45) is 0 Å². The van der Waals surface area contributed by atoms with Crippen molar-refractivity contribution in [3.05, 3.63) is 313 Å². The highest BCUT2D eigenvalue weighted by Crippen LogP contribution is 2.81. The predicted molar refractivity (Wildman–Crippen MR) is 321 cm³/mol. The largest absolute Gasteiger partial charge is 0.239 e. The van der Waals surface area contributed by atoms with Crippen LogP contribution in [0.1, 0.15) is 33.4 Å². The monoisotopic (exact) mass is 1010 g/mol. The molecule has 0 saturated heterocycles. The van der Waals surface area contributed by atoms with Gasteiger partial charge in [0.1, 0.15) is 5.41 Å². The number of nitrogens with zero attached hydrogens (tertiary/aromatic N) is 3. The van der Waals surface area contributed by atoms with Crippen molar-refractivity contribution in [3.8, 4) is 89.4 Å². The molecule has 1 saturated carbocycles. The minimum Gasteiger partial charge on any atom is -0.194 e. The number of rotatable bonds is 2. The molecular formula is C77H48N3+3. The molecule has 19 rings (SSSR count). The van der Waals surface area contributed by atoms with E-state index in [2.05, 4.69) is 281 Å². The summed E-state index contributed by atoms with van der Waals surface area (Å²) in [6.07, 6.45) is 15.1. The van der Waals surface area contributed by atoms with E-state index in [1.54, 1.807) is 0 Å². The summed E-state index contributed by atoms with van der Waals surface area (Å²) in [5.74, 6) is 0. The molecule has 3 aliphatic heterocycles. The first kappa shape index (κ1) is 43.0. The van der Waals surface area contributed by atoms with Crippen LogP contribution in [0.3, 0.4) is 0 Å². The second kappa shape index (κ2) is 14.9. The van der Waals surface area contributed by atoms with Crippen molar-refractivity contribution in [1.82, 2.24) is 0 Å². The molecule has 2 spiro atoms. The Bertz CT molecular complexity index is 4870. The molecule has 1 fully saturated rings. The summed E-state index contributed by atoms with van der Waals surface area (Å²) in [6, 6.07) is 88.0. The van der Waals surface area contributed by atoms with E-state index in [4.69, 9.17) is 6.58 Å². The lowest BCUT2D eigenvalue weighted by atomic mass is 9.63. The number of hydrogen-bond donors (Lipinski definition) is 0. The van der Waals surface area contributed by atoms with Crippen LogP contribution in [0.2, 0.25) is 0 Å². The van der Waals surface area contributed by atoms with Crippen LogP contribution >= 0.6 is 0 Å². The van der Waals surface area contributed by atoms with Gasteiger partial charge in [-0.2, -0.15) is 13.7 Å². The van der Waals surface area contributed by atoms with E-state index >= 15 is 0 Å². The molecule has 3 heteroatoms. The van der Waals surface area contributed by atoms with Gasteiger partial charge < -0.3 is 0 Å². The Kier molecular flexibility index (Phi) is 8.02. The highest BCUT2D eigenvalue weighted by atomic mass is 15.2. The summed E-state index contributed by atoms with van der Waals surface area (Å²) in [5, 5.41) is 0. The van der Waals surface area contributed by atoms with Gasteiger partial charge in [0.2, 0.25) is 28.2 Å². The second-order valence-electron chi connectivity index (χ2n) is 23.0. The smallest absolute Gasteiger partial charge is 0.194 e. The summed E-state index contributed by atoms with van der Waals surface area (Å²) in [7, 11) is 0. The lowest BCUT2D eigenvalue weighted by Crippen LogP contribution is -2.60. The number of pyridine rings is 3. The molecular weight excluding hydrogens is 967 g/mol. The lowest BCUT2D eigenvalue weighted by Gasteiger charge is -2.40. The van der Waals surface area contributed by atoms with Crippen molar-refractivity contribution in [2.75, 3.05) is 0 Å². The van der Waals surface area contributed by atoms with E-state index in [1.807, 2.05) is 0 Å². The first-order valence-corrected chi connectivity index (χ1v) is 28.1. The van der Waals surface area contributed by atoms with E-state index in [-0.39, 0.29) is 0 Å². The van der Waals surface area contributed by atoms with Crippen molar-refractivity contribution >= 4 is 27.9 Å². The Morgan fingerprint density at radius 3 is 1.70 bits per heavy atom. The topological polar surface area (TPSA) is 11.6 Å². The molecule has 8 aliphatic rings. The molecule has 0 amide bonds. The Labute approximate surface area is 464 Å². The van der Waals surface area contributed by atoms with Crippen molar-refractivity contribution in [3.63, 3.8) is 0 Å². The van der Waals surface area contributed by atoms with Crippen molar-refractivity contribution in [1.29, 1.82) is 0 Å². The van der Waals surface area contributed by atoms with Crippen LogP contribution < -0.4 is 13.7 Å². The van der Waals surface area contributed by atoms with Gasteiger partial charge in [0, 0.05) is 75.9 Å². The average molecular weight is 1020 g/mol. The van der Waals surface area contributed by atoms with E-state index in [9.17, 15) is 0 Å². The third-order valence-electron chi connectivity index (χ3n) is 19.5. The third-order valence-corrected chi connectivity index (χ3v) is 19.5. The minimum atomic E-state index is -0.871. The van der Waals surface area contributed by atoms with Crippen LogP contribution in [0.15, 0.2) is 279 Å². The predicted octanol–water partition coefficient (Wildman–Crippen LogP) is 15.9. The number of aromatic nitrogens is 3. The highest BCUT2D eigenvalue weighted by Gasteiger charge is 2.88. The molecule has 3 nitrogen and oxygen atoms in total. The first-order valence-electron chi connectivity index (χ1n) is 28.1. The van der Waals surface area contributed by atoms with E-state index in [0.717, 1.165) is 22.4 Å². The van der Waals surface area contributed by atoms with Crippen LogP contribution in [-0.4, -0.2) is 0 Å². The number of benzene rings is 8. The van der Waals surface area contributed by atoms with Crippen molar-refractivity contribution < 1.29 is 13.7 Å². The maximum Gasteiger partial charge on any atom is 0.239 e. The summed E-state index contributed by atoms with van der Waals surface area (Å²) in [5.41, 5.74) is 32.1. The van der Waals surface area contributed by atoms with Crippen LogP contribution in [0, 0.1) is 0 Å². The quantitative estimate of drug-likeness (QED) is 0.153. The molecule has 3 atom stereocenters. The Hall–Kier alpha value is -10.1. The zero-order chi connectivity index (χ0) is 52.2. The normalized spacial score (nSPS) is 21.2. The van der Waals surface area contributed by atoms with Gasteiger partial charge >= 0.3 is 0 Å². The van der Waals surface area contributed by atoms with Crippen LogP contribution in [0.25, 0.3) is 117 Å². The zero-order valence-corrected chi connectivity index (χ0v) is 43.7. The van der Waals surface area contributed by atoms with Gasteiger partial charge in [0.15, 0.2) is 25.1 Å². The van der Waals surface area contributed by atoms with Gasteiger partial charge in [-0.3, -0.25) is 0 Å². The zero-order valence-electron chi connectivity index (χ0n) is 43.7. The van der Waals surface area contributed by atoms with Gasteiger partial charge in [-0.15, -0.1) is 0 Å². The maximum atomic E-state index is 5.15. The minimum absolute atomic E-state index is 0.605. The molecule has 3 aromatic heterocycles. The number of fused-ring (bicyclic) bond motifs is 19. The second-order valence-corrected chi connectivity index (χ2v) is 23.0. The van der Waals surface area contributed by atoms with Gasteiger partial charge in [0.25, 0.3) is 0 Å². The Balaban J connectivity index is 1.07. The standard InChI is InChI=1S/C77H48N3/c1-47-39-68-58-23-9-6-19-54(58)51-32-34-60(62(47)40-51)70-25-11-14-36-78(70)46-53-44-76-69-45-75-67-41-52(55-20-7-10-24-59(55)69)33-35-61(67)71-26-13-16-38-80(71)77(68,75)74(75)73(76)66-43-64(57-22-8-5-21-56(53)57)63(42-65(66)72-27-12-15-37-79(72)76)50-30-28-49(29-31-50)48-17-3-2-4-18-48/h2-45H,1,46H2/q+3/b53-44+,68-39?. The van der Waals surface area contributed by atoms with Gasteiger partial charge in [-0.25, -0.2) is 0 Å². The SMILES string of the molecule is C=C1C=C2c3ccccc3-c3ccc(c1c3)-c1cccc[n+]1C/C1=C\C34C5=CC67C(=C3c3cc(c(-c8ccc(-c9ccccc9)cc8)cc3-c3cccc[n+]34)-c3ccccc31)C26[n+]1ccccc1-c1ccc(cc17)-c1ccccc15. The first-order chi connectivity index (χ1) is 39.5. The molecule has 80 heavy (non-hydrogen) atoms. The fourth-order valence-electron chi connectivity index (χ4n) is 16.3. The van der Waals surface area contributed by atoms with Gasteiger partial charge in [0.05, 0.1) is 16.7 Å². The highest BCUT2D eigenvalue weighted by molar-refractivity contribution is 6.14. The Morgan fingerprint density at radius 2 is 0.925 bits per heavy atom. The lowest BCUT2D eigenvalue weighted by molar-refractivity contribution is -0.716. The molecule has 8 aromatic carbocycles. The molecule has 11 aromatic rings. The molecule has 6 heterocycles. The third kappa shape index (κ3) is 5.07. The molecule has 0 radical (unpaired) electrons. The van der Waals surface area contributed by atoms with Gasteiger partial charge in [-0.1, -0.05) is 152 Å². The van der Waals surface area contributed by atoms with Crippen LogP contribution in [-0.2, 0) is 23.0 Å². The number of hydrogen-bond acceptors (Lipinski definition) is 0. The van der Waals surface area contributed by atoms with E-state index < -0.39 is 16.5 Å². The van der Waals surface area contributed by atoms with Crippen LogP contribution in [0.5, 0.6) is 0 Å². The molecule has 5 aliphatic carbocycles. The van der Waals surface area contributed by atoms with E-state index in [0.29, 0.717) is 6.54 Å². The summed E-state index contributed by atoms with van der Waals surface area (Å²) >= 11 is 0. The Morgan fingerprint density at radius 1 is 0.350 bits per heavy atom. The van der Waals surface area contributed by atoms with E-state index in [1.165, 1.54) is 134 Å². The van der Waals surface area contributed by atoms with Crippen LogP contribution in [0.4, 0.5) is 0 Å². The summed E-state index contributed by atoms with van der Waals surface area (Å²) < 4.78 is 7.89. The number of allylic oxidation sites excluding steroid dienone is 9. The molecule has 0 N–H and O–H groups in total. The molecule has 3 unspecified atom stereocenters. The fraction of sp³-hybridized carbons (Fsp3) is 0.0519. The maximum absolute atomic E-state index is 5.15.